The summed E-state index contributed by atoms with van der Waals surface area (Å²) in [5, 5.41) is 0. The van der Waals surface area contributed by atoms with Gasteiger partial charge >= 0.3 is 0 Å². The summed E-state index contributed by atoms with van der Waals surface area (Å²) in [5.41, 5.74) is -0.0475. The molecule has 3 nitrogen and oxygen atoms in total. The third-order valence-corrected chi connectivity index (χ3v) is 8.75. The highest BCUT2D eigenvalue weighted by Gasteiger charge is 2.62. The fraction of sp³-hybridized carbons (Fsp3) is 0.857. The first-order chi connectivity index (χ1) is 11.3. The van der Waals surface area contributed by atoms with Crippen molar-refractivity contribution >= 4 is 17.3 Å². The summed E-state index contributed by atoms with van der Waals surface area (Å²) in [6, 6.07) is 0. The minimum atomic E-state index is -0.239. The van der Waals surface area contributed by atoms with Crippen LogP contribution in [0.4, 0.5) is 0 Å². The van der Waals surface area contributed by atoms with E-state index in [1.54, 1.807) is 6.92 Å². The first kappa shape index (κ1) is 16.5. The SMILES string of the molecule is CC(=O)[C@H]1CC[C@@]2(C)[C@@H](CC(=O)[C@@H]3[C@@H]2CC[C@]2(C)C(=O)CC[C@@H]32)C1. The Morgan fingerprint density at radius 2 is 1.79 bits per heavy atom. The van der Waals surface area contributed by atoms with E-state index in [1.165, 1.54) is 0 Å². The molecule has 4 fully saturated rings. The number of rotatable bonds is 1. The summed E-state index contributed by atoms with van der Waals surface area (Å²) in [5.74, 6) is 2.43. The van der Waals surface area contributed by atoms with Crippen molar-refractivity contribution in [2.75, 3.05) is 0 Å². The van der Waals surface area contributed by atoms with Gasteiger partial charge in [-0.15, -0.1) is 0 Å². The molecule has 0 bridgehead atoms. The molecular weight excluding hydrogens is 300 g/mol. The van der Waals surface area contributed by atoms with Crippen LogP contribution in [0.25, 0.3) is 0 Å². The van der Waals surface area contributed by atoms with Crippen molar-refractivity contribution in [2.45, 2.75) is 72.1 Å². The van der Waals surface area contributed by atoms with E-state index in [9.17, 15) is 14.4 Å². The Morgan fingerprint density at radius 3 is 2.50 bits per heavy atom. The molecule has 0 heterocycles. The average molecular weight is 330 g/mol. The van der Waals surface area contributed by atoms with E-state index in [1.807, 2.05) is 0 Å². The predicted octanol–water partition coefficient (Wildman–Crippen LogP) is 3.98. The minimum Gasteiger partial charge on any atom is -0.300 e. The first-order valence-corrected chi connectivity index (χ1v) is 9.84. The molecular formula is C21H30O3. The molecule has 0 unspecified atom stereocenters. The Bertz CT molecular complexity index is 608. The molecule has 7 atom stereocenters. The zero-order valence-electron chi connectivity index (χ0n) is 15.3. The molecule has 132 valence electrons. The molecule has 0 aromatic carbocycles. The van der Waals surface area contributed by atoms with Crippen molar-refractivity contribution < 1.29 is 14.4 Å². The van der Waals surface area contributed by atoms with Crippen molar-refractivity contribution in [2.24, 2.45) is 40.4 Å². The third kappa shape index (κ3) is 2.05. The minimum absolute atomic E-state index is 0.102. The number of hydrogen-bond acceptors (Lipinski definition) is 3. The summed E-state index contributed by atoms with van der Waals surface area (Å²) in [6.45, 7) is 6.21. The van der Waals surface area contributed by atoms with E-state index in [2.05, 4.69) is 13.8 Å². The highest BCUT2D eigenvalue weighted by atomic mass is 16.1. The monoisotopic (exact) mass is 330 g/mol. The average Bonchev–Trinajstić information content (AvgIpc) is 2.83. The van der Waals surface area contributed by atoms with Crippen LogP contribution in [0, 0.1) is 40.4 Å². The Labute approximate surface area is 144 Å². The smallest absolute Gasteiger partial charge is 0.139 e. The van der Waals surface area contributed by atoms with E-state index in [4.69, 9.17) is 0 Å². The predicted molar refractivity (Wildman–Crippen MR) is 91.3 cm³/mol. The molecule has 0 saturated heterocycles. The van der Waals surface area contributed by atoms with Crippen LogP contribution in [0.3, 0.4) is 0 Å². The Kier molecular flexibility index (Phi) is 3.61. The molecule has 4 aliphatic carbocycles. The van der Waals surface area contributed by atoms with E-state index >= 15 is 0 Å². The van der Waals surface area contributed by atoms with Crippen LogP contribution in [0.5, 0.6) is 0 Å². The summed E-state index contributed by atoms with van der Waals surface area (Å²) < 4.78 is 0. The van der Waals surface area contributed by atoms with E-state index in [0.29, 0.717) is 42.0 Å². The number of ketones is 3. The maximum Gasteiger partial charge on any atom is 0.139 e. The Morgan fingerprint density at radius 1 is 1.04 bits per heavy atom. The zero-order valence-corrected chi connectivity index (χ0v) is 15.3. The second-order valence-electron chi connectivity index (χ2n) is 9.61. The lowest BCUT2D eigenvalue weighted by atomic mass is 9.44. The maximum absolute atomic E-state index is 13.1. The van der Waals surface area contributed by atoms with Crippen LogP contribution in [-0.4, -0.2) is 17.3 Å². The Hall–Kier alpha value is -0.990. The van der Waals surface area contributed by atoms with Gasteiger partial charge in [0.2, 0.25) is 0 Å². The van der Waals surface area contributed by atoms with E-state index in [-0.39, 0.29) is 28.6 Å². The van der Waals surface area contributed by atoms with E-state index in [0.717, 1.165) is 38.5 Å². The topological polar surface area (TPSA) is 51.2 Å². The summed E-state index contributed by atoms with van der Waals surface area (Å²) in [4.78, 5) is 37.4. The second-order valence-corrected chi connectivity index (χ2v) is 9.61. The van der Waals surface area contributed by atoms with Gasteiger partial charge in [-0.3, -0.25) is 14.4 Å². The molecule has 4 saturated carbocycles. The van der Waals surface area contributed by atoms with Gasteiger partial charge in [-0.05, 0) is 68.6 Å². The van der Waals surface area contributed by atoms with Crippen molar-refractivity contribution in [1.29, 1.82) is 0 Å². The van der Waals surface area contributed by atoms with Gasteiger partial charge in [-0.1, -0.05) is 13.8 Å². The Balaban J connectivity index is 1.66. The quantitative estimate of drug-likeness (QED) is 0.730. The molecule has 0 radical (unpaired) electrons. The lowest BCUT2D eigenvalue weighted by Crippen LogP contribution is -2.57. The van der Waals surface area contributed by atoms with Gasteiger partial charge in [0, 0.05) is 30.1 Å². The number of Topliss-reactive ketones (excluding diaryl/α,β-unsaturated/α-hetero) is 3. The van der Waals surface area contributed by atoms with Crippen LogP contribution < -0.4 is 0 Å². The fourth-order valence-electron chi connectivity index (χ4n) is 7.07. The van der Waals surface area contributed by atoms with Crippen molar-refractivity contribution in [1.82, 2.24) is 0 Å². The van der Waals surface area contributed by atoms with Gasteiger partial charge in [0.05, 0.1) is 0 Å². The zero-order chi connectivity index (χ0) is 17.3. The van der Waals surface area contributed by atoms with Crippen molar-refractivity contribution in [3.63, 3.8) is 0 Å². The van der Waals surface area contributed by atoms with Gasteiger partial charge in [-0.2, -0.15) is 0 Å². The second kappa shape index (κ2) is 5.25. The standard InChI is InChI=1S/C21H30O3/c1-12(22)13-6-8-20(2)14(10-13)11-17(23)19-15-4-5-18(24)21(15,3)9-7-16(19)20/h13-16,19H,4-11H2,1-3H3/t13-,14+,15-,16-,19-,20-,21-/m0/s1. The van der Waals surface area contributed by atoms with Gasteiger partial charge in [0.1, 0.15) is 17.3 Å². The van der Waals surface area contributed by atoms with Gasteiger partial charge in [0.15, 0.2) is 0 Å². The molecule has 0 aromatic rings. The van der Waals surface area contributed by atoms with E-state index < -0.39 is 0 Å². The number of carbonyl (C=O) groups excluding carboxylic acids is 3. The van der Waals surface area contributed by atoms with Crippen molar-refractivity contribution in [3.8, 4) is 0 Å². The molecule has 0 aromatic heterocycles. The molecule has 4 rings (SSSR count). The van der Waals surface area contributed by atoms with Crippen LogP contribution in [0.1, 0.15) is 72.1 Å². The maximum atomic E-state index is 13.1. The largest absolute Gasteiger partial charge is 0.300 e. The molecule has 0 amide bonds. The lowest BCUT2D eigenvalue weighted by Gasteiger charge is -2.59. The molecule has 0 aliphatic heterocycles. The number of carbonyl (C=O) groups is 3. The number of fused-ring (bicyclic) bond motifs is 5. The summed E-state index contributed by atoms with van der Waals surface area (Å²) in [7, 11) is 0. The highest BCUT2D eigenvalue weighted by molar-refractivity contribution is 5.90. The van der Waals surface area contributed by atoms with Crippen LogP contribution >= 0.6 is 0 Å². The molecule has 0 N–H and O–H groups in total. The lowest BCUT2D eigenvalue weighted by molar-refractivity contribution is -0.159. The summed E-state index contributed by atoms with van der Waals surface area (Å²) in [6.07, 6.45) is 7.18. The molecule has 3 heteroatoms. The van der Waals surface area contributed by atoms with Gasteiger partial charge in [-0.25, -0.2) is 0 Å². The van der Waals surface area contributed by atoms with Gasteiger partial charge < -0.3 is 0 Å². The molecule has 0 spiro atoms. The van der Waals surface area contributed by atoms with Crippen LogP contribution in [0.15, 0.2) is 0 Å². The van der Waals surface area contributed by atoms with Gasteiger partial charge in [0.25, 0.3) is 0 Å². The summed E-state index contributed by atoms with van der Waals surface area (Å²) >= 11 is 0. The highest BCUT2D eigenvalue weighted by Crippen LogP contribution is 2.64. The first-order valence-electron chi connectivity index (χ1n) is 9.84. The normalized spacial score (nSPS) is 50.9. The van der Waals surface area contributed by atoms with Crippen LogP contribution in [0.2, 0.25) is 0 Å². The third-order valence-electron chi connectivity index (χ3n) is 8.75. The molecule has 24 heavy (non-hydrogen) atoms. The fourth-order valence-corrected chi connectivity index (χ4v) is 7.07. The van der Waals surface area contributed by atoms with Crippen LogP contribution in [-0.2, 0) is 14.4 Å². The van der Waals surface area contributed by atoms with Crippen molar-refractivity contribution in [3.05, 3.63) is 0 Å². The molecule has 4 aliphatic rings. The number of hydrogen-bond donors (Lipinski definition) is 0.